The zero-order valence-electron chi connectivity index (χ0n) is 16.9. The van der Waals surface area contributed by atoms with E-state index >= 15 is 0 Å². The molecule has 0 aromatic carbocycles. The second-order valence-corrected chi connectivity index (χ2v) is 17.0. The molecule has 0 fully saturated rings. The first-order chi connectivity index (χ1) is 10.3. The normalized spacial score (nSPS) is 24.5. The van der Waals surface area contributed by atoms with Gasteiger partial charge in [-0.05, 0) is 77.7 Å². The second-order valence-electron chi connectivity index (χ2n) is 8.25. The molecule has 0 saturated heterocycles. The molecule has 0 spiro atoms. The second kappa shape index (κ2) is 5.33. The van der Waals surface area contributed by atoms with Crippen molar-refractivity contribution in [3.05, 3.63) is 44.6 Å². The van der Waals surface area contributed by atoms with Crippen molar-refractivity contribution >= 4 is 22.0 Å². The summed E-state index contributed by atoms with van der Waals surface area (Å²) >= 11 is 4.42. The van der Waals surface area contributed by atoms with Crippen LogP contribution in [0.25, 0.3) is 0 Å². The van der Waals surface area contributed by atoms with E-state index in [1.165, 1.54) is 22.3 Å². The van der Waals surface area contributed by atoms with Gasteiger partial charge in [0.1, 0.15) is 0 Å². The summed E-state index contributed by atoms with van der Waals surface area (Å²) in [5.41, 5.74) is 12.3. The maximum Gasteiger partial charge on any atom is 0.154 e. The molecule has 128 valence electrons. The van der Waals surface area contributed by atoms with Crippen molar-refractivity contribution in [2.24, 2.45) is 0 Å². The predicted octanol–water partition coefficient (Wildman–Crippen LogP) is 7.85. The smallest absolute Gasteiger partial charge is 0.124 e. The Morgan fingerprint density at radius 2 is 0.739 bits per heavy atom. The Labute approximate surface area is 152 Å². The highest BCUT2D eigenvalue weighted by atomic mass is 79.9. The molecule has 0 bridgehead atoms. The Balaban J connectivity index is 2.80. The van der Waals surface area contributed by atoms with Crippen molar-refractivity contribution in [1.82, 2.24) is 0 Å². The lowest BCUT2D eigenvalue weighted by atomic mass is 9.96. The number of halogens is 1. The van der Waals surface area contributed by atoms with Gasteiger partial charge in [0.2, 0.25) is 0 Å². The molecule has 2 heteroatoms. The Kier molecular flexibility index (Phi) is 4.40. The molecule has 2 rings (SSSR count). The van der Waals surface area contributed by atoms with Gasteiger partial charge in [0.25, 0.3) is 0 Å². The van der Waals surface area contributed by atoms with Gasteiger partial charge in [0, 0.05) is 10.1 Å². The fourth-order valence-electron chi connectivity index (χ4n) is 5.10. The van der Waals surface area contributed by atoms with E-state index in [1.54, 1.807) is 22.3 Å². The molecule has 0 aromatic heterocycles. The first-order valence-electron chi connectivity index (χ1n) is 8.69. The van der Waals surface area contributed by atoms with Gasteiger partial charge >= 0.3 is 0 Å². The number of hydrogen-bond donors (Lipinski definition) is 0. The van der Waals surface area contributed by atoms with E-state index in [2.05, 4.69) is 91.1 Å². The largest absolute Gasteiger partial charge is 0.154 e. The fourth-order valence-corrected chi connectivity index (χ4v) is 13.2. The summed E-state index contributed by atoms with van der Waals surface area (Å²) < 4.78 is 0. The van der Waals surface area contributed by atoms with Gasteiger partial charge in [0.05, 0.1) is 0 Å². The molecule has 0 N–H and O–H groups in total. The van der Waals surface area contributed by atoms with E-state index in [0.717, 1.165) is 0 Å². The van der Waals surface area contributed by atoms with Gasteiger partial charge in [-0.2, -0.15) is 0 Å². The van der Waals surface area contributed by atoms with Crippen LogP contribution in [0.3, 0.4) is 0 Å². The molecular weight excluding hydrogens is 360 g/mol. The van der Waals surface area contributed by atoms with E-state index in [-0.39, 0.29) is 10.1 Å². The van der Waals surface area contributed by atoms with Crippen LogP contribution in [0.1, 0.15) is 69.2 Å². The van der Waals surface area contributed by atoms with Crippen LogP contribution in [0.5, 0.6) is 0 Å². The van der Waals surface area contributed by atoms with Crippen LogP contribution in [-0.2, 0) is 0 Å². The van der Waals surface area contributed by atoms with Crippen LogP contribution in [0.15, 0.2) is 44.6 Å². The minimum absolute atomic E-state index is 0.156. The maximum atomic E-state index is 4.42. The summed E-state index contributed by atoms with van der Waals surface area (Å²) in [5, 5.41) is 0.312. The zero-order valence-corrected chi connectivity index (χ0v) is 19.5. The van der Waals surface area contributed by atoms with Gasteiger partial charge in [-0.1, -0.05) is 42.7 Å². The number of rotatable bonds is 2. The molecule has 0 aliphatic heterocycles. The van der Waals surface area contributed by atoms with Crippen LogP contribution >= 0.6 is 15.3 Å². The fraction of sp³-hybridized carbons (Fsp3) is 0.619. The third kappa shape index (κ3) is 1.94. The van der Waals surface area contributed by atoms with Crippen LogP contribution in [-0.4, -0.2) is 6.69 Å². The quantitative estimate of drug-likeness (QED) is 0.331. The standard InChI is InChI=1S/C21H33BrSi/c1-12-13(2)17(6)20(9,16(12)5)23(11,22)21(10)18(7)14(3)15(4)19(21)8/h1-11H3. The first-order valence-corrected chi connectivity index (χ1v) is 13.4. The lowest BCUT2D eigenvalue weighted by Gasteiger charge is -2.52. The van der Waals surface area contributed by atoms with Gasteiger partial charge in [-0.15, -0.1) is 15.3 Å². The van der Waals surface area contributed by atoms with Gasteiger partial charge < -0.3 is 0 Å². The third-order valence-corrected chi connectivity index (χ3v) is 18.3. The monoisotopic (exact) mass is 392 g/mol. The highest BCUT2D eigenvalue weighted by Gasteiger charge is 2.62. The van der Waals surface area contributed by atoms with Gasteiger partial charge in [0.15, 0.2) is 6.69 Å². The number of hydrogen-bond acceptors (Lipinski definition) is 0. The molecule has 2 aliphatic carbocycles. The van der Waals surface area contributed by atoms with Gasteiger partial charge in [-0.3, -0.25) is 0 Å². The average Bonchev–Trinajstić information content (AvgIpc) is 2.76. The maximum absolute atomic E-state index is 4.42. The molecule has 23 heavy (non-hydrogen) atoms. The Morgan fingerprint density at radius 3 is 0.913 bits per heavy atom. The van der Waals surface area contributed by atoms with Crippen LogP contribution < -0.4 is 0 Å². The van der Waals surface area contributed by atoms with E-state index in [9.17, 15) is 0 Å². The van der Waals surface area contributed by atoms with Crippen molar-refractivity contribution in [3.63, 3.8) is 0 Å². The molecule has 0 radical (unpaired) electrons. The van der Waals surface area contributed by atoms with Crippen LogP contribution in [0.4, 0.5) is 0 Å². The summed E-state index contributed by atoms with van der Waals surface area (Å²) in [6.45, 7) is 24.3. The molecule has 0 amide bonds. The molecular formula is C21H33BrSi. The Hall–Kier alpha value is -0.343. The zero-order chi connectivity index (χ0) is 18.1. The van der Waals surface area contributed by atoms with Crippen molar-refractivity contribution in [1.29, 1.82) is 0 Å². The van der Waals surface area contributed by atoms with Crippen molar-refractivity contribution in [2.75, 3.05) is 0 Å². The lowest BCUT2D eigenvalue weighted by molar-refractivity contribution is 0.719. The van der Waals surface area contributed by atoms with Crippen LogP contribution in [0, 0.1) is 0 Å². The topological polar surface area (TPSA) is 0 Å². The summed E-state index contributed by atoms with van der Waals surface area (Å²) in [6.07, 6.45) is 0. The minimum Gasteiger partial charge on any atom is -0.124 e. The van der Waals surface area contributed by atoms with E-state index < -0.39 is 6.69 Å². The highest BCUT2D eigenvalue weighted by molar-refractivity contribution is 9.26. The predicted molar refractivity (Wildman–Crippen MR) is 111 cm³/mol. The summed E-state index contributed by atoms with van der Waals surface area (Å²) in [7, 11) is 0. The molecule has 0 nitrogen and oxygen atoms in total. The Bertz CT molecular complexity index is 602. The van der Waals surface area contributed by atoms with E-state index in [0.29, 0.717) is 0 Å². The van der Waals surface area contributed by atoms with E-state index in [4.69, 9.17) is 0 Å². The van der Waals surface area contributed by atoms with Crippen LogP contribution in [0.2, 0.25) is 16.6 Å². The molecule has 0 saturated carbocycles. The molecule has 0 aromatic rings. The third-order valence-electron chi connectivity index (χ3n) is 8.25. The molecule has 0 heterocycles. The minimum atomic E-state index is -1.92. The highest BCUT2D eigenvalue weighted by Crippen LogP contribution is 2.71. The summed E-state index contributed by atoms with van der Waals surface area (Å²) in [5.74, 6) is 0. The SMILES string of the molecule is CC1=C(C)C(C)([Si](C)(Br)C2(C)C(C)=C(C)C(C)=C2C)C(C)=C1C. The first kappa shape index (κ1) is 19.0. The van der Waals surface area contributed by atoms with Crippen molar-refractivity contribution < 1.29 is 0 Å². The summed E-state index contributed by atoms with van der Waals surface area (Å²) in [4.78, 5) is 0. The molecule has 0 unspecified atom stereocenters. The number of allylic oxidation sites excluding steroid dienone is 8. The molecule has 2 aliphatic rings. The van der Waals surface area contributed by atoms with E-state index in [1.807, 2.05) is 0 Å². The molecule has 0 atom stereocenters. The summed E-state index contributed by atoms with van der Waals surface area (Å²) in [6, 6.07) is 0. The van der Waals surface area contributed by atoms with Gasteiger partial charge in [-0.25, -0.2) is 0 Å². The average molecular weight is 393 g/mol. The van der Waals surface area contributed by atoms with Crippen molar-refractivity contribution in [3.8, 4) is 0 Å². The lowest BCUT2D eigenvalue weighted by Crippen LogP contribution is -2.49. The Morgan fingerprint density at radius 1 is 0.565 bits per heavy atom. The van der Waals surface area contributed by atoms with Crippen molar-refractivity contribution in [2.45, 2.75) is 85.9 Å².